The fraction of sp³-hybridized carbons (Fsp3) is 0.263. The van der Waals surface area contributed by atoms with E-state index in [1.165, 1.54) is 7.11 Å². The van der Waals surface area contributed by atoms with Crippen LogP contribution in [0.2, 0.25) is 0 Å². The highest BCUT2D eigenvalue weighted by Crippen LogP contribution is 2.33. The zero-order valence-corrected chi connectivity index (χ0v) is 13.7. The lowest BCUT2D eigenvalue weighted by Gasteiger charge is -2.10. The Morgan fingerprint density at radius 2 is 1.54 bits per heavy atom. The van der Waals surface area contributed by atoms with Gasteiger partial charge in [-0.3, -0.25) is 9.59 Å². The molecule has 1 aliphatic rings. The van der Waals surface area contributed by atoms with Crippen molar-refractivity contribution in [1.82, 2.24) is 0 Å². The van der Waals surface area contributed by atoms with Crippen LogP contribution in [0.15, 0.2) is 42.5 Å². The van der Waals surface area contributed by atoms with Gasteiger partial charge < -0.3 is 14.8 Å². The van der Waals surface area contributed by atoms with Gasteiger partial charge in [0.15, 0.2) is 17.3 Å². The first-order chi connectivity index (χ1) is 11.6. The molecule has 2 aromatic rings. The van der Waals surface area contributed by atoms with Gasteiger partial charge >= 0.3 is 0 Å². The Morgan fingerprint density at radius 3 is 2.12 bits per heavy atom. The smallest absolute Gasteiger partial charge is 0.255 e. The molecule has 5 heteroatoms. The van der Waals surface area contributed by atoms with Crippen molar-refractivity contribution in [3.63, 3.8) is 0 Å². The number of ketones is 1. The molecule has 5 nitrogen and oxygen atoms in total. The van der Waals surface area contributed by atoms with E-state index in [0.29, 0.717) is 28.3 Å². The summed E-state index contributed by atoms with van der Waals surface area (Å²) in [4.78, 5) is 24.3. The van der Waals surface area contributed by atoms with E-state index in [1.54, 1.807) is 49.6 Å². The van der Waals surface area contributed by atoms with Crippen LogP contribution in [0.25, 0.3) is 0 Å². The number of hydrogen-bond acceptors (Lipinski definition) is 4. The third-order valence-corrected chi connectivity index (χ3v) is 4.02. The Hall–Kier alpha value is -2.82. The molecule has 1 fully saturated rings. The fourth-order valence-electron chi connectivity index (χ4n) is 2.48. The Kier molecular flexibility index (Phi) is 4.51. The molecule has 1 saturated carbocycles. The molecule has 0 aromatic heterocycles. The summed E-state index contributed by atoms with van der Waals surface area (Å²) in [5, 5.41) is 2.81. The SMILES string of the molecule is COc1ccc(C(=O)Nc2ccc(C(=O)C3CC3)cc2)cc1OC. The number of anilines is 1. The summed E-state index contributed by atoms with van der Waals surface area (Å²) in [6.07, 6.45) is 1.97. The van der Waals surface area contributed by atoms with Gasteiger partial charge in [0.1, 0.15) is 0 Å². The van der Waals surface area contributed by atoms with Crippen molar-refractivity contribution in [1.29, 1.82) is 0 Å². The fourth-order valence-corrected chi connectivity index (χ4v) is 2.48. The maximum atomic E-state index is 12.3. The van der Waals surface area contributed by atoms with E-state index in [9.17, 15) is 9.59 Å². The molecular weight excluding hydrogens is 306 g/mol. The Labute approximate surface area is 140 Å². The van der Waals surface area contributed by atoms with Crippen LogP contribution in [0.5, 0.6) is 11.5 Å². The Morgan fingerprint density at radius 1 is 0.917 bits per heavy atom. The van der Waals surface area contributed by atoms with Crippen LogP contribution in [-0.2, 0) is 0 Å². The van der Waals surface area contributed by atoms with Gasteiger partial charge in [-0.15, -0.1) is 0 Å². The number of amides is 1. The van der Waals surface area contributed by atoms with Gasteiger partial charge in [0, 0.05) is 22.7 Å². The second-order valence-corrected chi connectivity index (χ2v) is 5.74. The number of nitrogens with one attached hydrogen (secondary N) is 1. The van der Waals surface area contributed by atoms with Crippen LogP contribution in [0.1, 0.15) is 33.6 Å². The molecule has 0 bridgehead atoms. The van der Waals surface area contributed by atoms with E-state index in [1.807, 2.05) is 0 Å². The van der Waals surface area contributed by atoms with Gasteiger partial charge in [-0.1, -0.05) is 0 Å². The zero-order chi connectivity index (χ0) is 17.1. The highest BCUT2D eigenvalue weighted by atomic mass is 16.5. The number of Topliss-reactive ketones (excluding diaryl/α,β-unsaturated/α-hetero) is 1. The maximum Gasteiger partial charge on any atom is 0.255 e. The molecular formula is C19H19NO4. The summed E-state index contributed by atoms with van der Waals surface area (Å²) in [5.74, 6) is 1.19. The monoisotopic (exact) mass is 325 g/mol. The summed E-state index contributed by atoms with van der Waals surface area (Å²) in [6, 6.07) is 12.0. The number of hydrogen-bond donors (Lipinski definition) is 1. The number of methoxy groups -OCH3 is 2. The molecule has 0 aliphatic heterocycles. The first-order valence-electron chi connectivity index (χ1n) is 7.80. The lowest BCUT2D eigenvalue weighted by atomic mass is 10.1. The zero-order valence-electron chi connectivity index (χ0n) is 13.7. The summed E-state index contributed by atoms with van der Waals surface area (Å²) in [7, 11) is 3.07. The largest absolute Gasteiger partial charge is 0.493 e. The molecule has 1 amide bonds. The van der Waals surface area contributed by atoms with Crippen LogP contribution in [-0.4, -0.2) is 25.9 Å². The van der Waals surface area contributed by atoms with Crippen molar-refractivity contribution in [3.05, 3.63) is 53.6 Å². The number of ether oxygens (including phenoxy) is 2. The van der Waals surface area contributed by atoms with Crippen LogP contribution in [0.3, 0.4) is 0 Å². The lowest BCUT2D eigenvalue weighted by Crippen LogP contribution is -2.12. The van der Waals surface area contributed by atoms with E-state index in [2.05, 4.69) is 5.32 Å². The van der Waals surface area contributed by atoms with Gasteiger partial charge in [-0.25, -0.2) is 0 Å². The van der Waals surface area contributed by atoms with Crippen LogP contribution >= 0.6 is 0 Å². The Bertz CT molecular complexity index is 763. The molecule has 0 radical (unpaired) electrons. The highest BCUT2D eigenvalue weighted by molar-refractivity contribution is 6.05. The van der Waals surface area contributed by atoms with Crippen molar-refractivity contribution >= 4 is 17.4 Å². The molecule has 24 heavy (non-hydrogen) atoms. The molecule has 0 atom stereocenters. The quantitative estimate of drug-likeness (QED) is 0.825. The van der Waals surface area contributed by atoms with Gasteiger partial charge in [-0.05, 0) is 55.3 Å². The molecule has 0 unspecified atom stereocenters. The second kappa shape index (κ2) is 6.74. The summed E-state index contributed by atoms with van der Waals surface area (Å²) < 4.78 is 10.4. The predicted molar refractivity (Wildman–Crippen MR) is 91.0 cm³/mol. The van der Waals surface area contributed by atoms with E-state index in [0.717, 1.165) is 12.8 Å². The maximum absolute atomic E-state index is 12.3. The molecule has 0 spiro atoms. The number of rotatable bonds is 6. The first kappa shape index (κ1) is 16.1. The van der Waals surface area contributed by atoms with Crippen molar-refractivity contribution in [3.8, 4) is 11.5 Å². The van der Waals surface area contributed by atoms with Gasteiger partial charge in [-0.2, -0.15) is 0 Å². The minimum atomic E-state index is -0.253. The van der Waals surface area contributed by atoms with Crippen molar-refractivity contribution in [2.24, 2.45) is 5.92 Å². The second-order valence-electron chi connectivity index (χ2n) is 5.74. The standard InChI is InChI=1S/C19H19NO4/c1-23-16-10-7-14(11-17(16)24-2)19(22)20-15-8-5-13(6-9-15)18(21)12-3-4-12/h5-12H,3-4H2,1-2H3,(H,20,22). The van der Waals surface area contributed by atoms with Crippen molar-refractivity contribution in [2.75, 3.05) is 19.5 Å². The summed E-state index contributed by atoms with van der Waals surface area (Å²) in [6.45, 7) is 0. The molecule has 124 valence electrons. The van der Waals surface area contributed by atoms with Gasteiger partial charge in [0.25, 0.3) is 5.91 Å². The summed E-state index contributed by atoms with van der Waals surface area (Å²) in [5.41, 5.74) is 1.80. The third-order valence-electron chi connectivity index (χ3n) is 4.02. The minimum Gasteiger partial charge on any atom is -0.493 e. The predicted octanol–water partition coefficient (Wildman–Crippen LogP) is 3.55. The molecule has 1 aliphatic carbocycles. The first-order valence-corrected chi connectivity index (χ1v) is 7.80. The highest BCUT2D eigenvalue weighted by Gasteiger charge is 2.30. The minimum absolute atomic E-state index is 0.188. The lowest BCUT2D eigenvalue weighted by molar-refractivity contribution is 0.0967. The third kappa shape index (κ3) is 3.40. The molecule has 3 rings (SSSR count). The topological polar surface area (TPSA) is 64.6 Å². The average Bonchev–Trinajstić information content (AvgIpc) is 3.46. The van der Waals surface area contributed by atoms with Gasteiger partial charge in [0.05, 0.1) is 14.2 Å². The Balaban J connectivity index is 1.71. The van der Waals surface area contributed by atoms with Gasteiger partial charge in [0.2, 0.25) is 0 Å². The molecule has 1 N–H and O–H groups in total. The van der Waals surface area contributed by atoms with Crippen LogP contribution in [0.4, 0.5) is 5.69 Å². The number of carbonyl (C=O) groups is 2. The van der Waals surface area contributed by atoms with Crippen molar-refractivity contribution < 1.29 is 19.1 Å². The normalized spacial score (nSPS) is 13.2. The molecule has 0 heterocycles. The summed E-state index contributed by atoms with van der Waals surface area (Å²) >= 11 is 0. The van der Waals surface area contributed by atoms with Crippen LogP contribution in [0, 0.1) is 5.92 Å². The number of benzene rings is 2. The van der Waals surface area contributed by atoms with E-state index < -0.39 is 0 Å². The van der Waals surface area contributed by atoms with Crippen molar-refractivity contribution in [2.45, 2.75) is 12.8 Å². The van der Waals surface area contributed by atoms with Crippen LogP contribution < -0.4 is 14.8 Å². The van der Waals surface area contributed by atoms with E-state index in [4.69, 9.17) is 9.47 Å². The molecule has 0 saturated heterocycles. The molecule has 2 aromatic carbocycles. The van der Waals surface area contributed by atoms with E-state index >= 15 is 0 Å². The average molecular weight is 325 g/mol. The van der Waals surface area contributed by atoms with E-state index in [-0.39, 0.29) is 17.6 Å². The number of carbonyl (C=O) groups excluding carboxylic acids is 2.